The standard InChI is InChI=1S/C98H80N2/c1-73-34-68-97(75(3)70-73)99(91-60-52-81(53-61-91)46-44-79-40-36-77(37-41-79)20-18-32-95(87-24-9-5-10-25-87)88-26-11-6-12-27-88)93-64-56-83(57-65-93)48-50-85-22-17-23-86(72-85)51-49-84-58-66-94(67-59-84)100(98-69-35-74(2)71-76(98)4)92-62-54-82(55-63-92)47-45-80-42-38-78(39-43-80)21-19-33-96(89-28-13-7-14-29-89)90-30-15-8-16-31-90/h5-72H,1-4H3/b20-18+,21-19+,46-44+,47-45+,50-48+,51-49+. The average molecular weight is 1290 g/mol. The van der Waals surface area contributed by atoms with Crippen LogP contribution in [0.1, 0.15) is 100 Å². The molecule has 13 aromatic carbocycles. The number of anilines is 6. The van der Waals surface area contributed by atoms with Crippen LogP contribution in [0, 0.1) is 27.7 Å². The lowest BCUT2D eigenvalue weighted by Crippen LogP contribution is -2.11. The molecule has 0 N–H and O–H groups in total. The van der Waals surface area contributed by atoms with Crippen LogP contribution in [0.4, 0.5) is 34.1 Å². The first-order valence-corrected chi connectivity index (χ1v) is 34.3. The molecule has 13 aromatic rings. The van der Waals surface area contributed by atoms with Gasteiger partial charge in [0.2, 0.25) is 0 Å². The molecule has 2 heteroatoms. The molecule has 0 atom stereocenters. The summed E-state index contributed by atoms with van der Waals surface area (Å²) in [5, 5.41) is 0. The molecular formula is C98H80N2. The van der Waals surface area contributed by atoms with E-state index in [2.05, 4.69) is 450 Å². The molecule has 0 bridgehead atoms. The van der Waals surface area contributed by atoms with Gasteiger partial charge in [-0.25, -0.2) is 0 Å². The van der Waals surface area contributed by atoms with Crippen molar-refractivity contribution in [2.45, 2.75) is 27.7 Å². The summed E-state index contributed by atoms with van der Waals surface area (Å²) in [6.07, 6.45) is 30.6. The molecule has 100 heavy (non-hydrogen) atoms. The summed E-state index contributed by atoms with van der Waals surface area (Å²) in [6.45, 7) is 8.70. The lowest BCUT2D eigenvalue weighted by atomic mass is 9.97. The Bertz CT molecular complexity index is 4700. The van der Waals surface area contributed by atoms with Gasteiger partial charge in [0.15, 0.2) is 0 Å². The van der Waals surface area contributed by atoms with Crippen molar-refractivity contribution in [3.63, 3.8) is 0 Å². The lowest BCUT2D eigenvalue weighted by molar-refractivity contribution is 1.24. The second-order valence-electron chi connectivity index (χ2n) is 25.3. The minimum Gasteiger partial charge on any atom is -0.310 e. The molecule has 482 valence electrons. The second kappa shape index (κ2) is 32.4. The van der Waals surface area contributed by atoms with Gasteiger partial charge >= 0.3 is 0 Å². The summed E-state index contributed by atoms with van der Waals surface area (Å²) in [7, 11) is 0. The van der Waals surface area contributed by atoms with E-state index in [4.69, 9.17) is 0 Å². The minimum absolute atomic E-state index is 1.10. The van der Waals surface area contributed by atoms with Crippen molar-refractivity contribution in [1.29, 1.82) is 0 Å². The summed E-state index contributed by atoms with van der Waals surface area (Å²) in [5.41, 5.74) is 30.2. The van der Waals surface area contributed by atoms with E-state index in [1.807, 2.05) is 0 Å². The number of hydrogen-bond acceptors (Lipinski definition) is 2. The maximum absolute atomic E-state index is 2.36. The van der Waals surface area contributed by atoms with E-state index < -0.39 is 0 Å². The van der Waals surface area contributed by atoms with E-state index in [-0.39, 0.29) is 0 Å². The van der Waals surface area contributed by atoms with Gasteiger partial charge in [-0.05, 0) is 195 Å². The summed E-state index contributed by atoms with van der Waals surface area (Å²) in [4.78, 5) is 4.71. The maximum atomic E-state index is 2.36. The number of benzene rings is 13. The first-order chi connectivity index (χ1) is 49.2. The monoisotopic (exact) mass is 1280 g/mol. The molecular weight excluding hydrogens is 1210 g/mol. The van der Waals surface area contributed by atoms with Gasteiger partial charge < -0.3 is 9.80 Å². The third-order valence-electron chi connectivity index (χ3n) is 17.9. The van der Waals surface area contributed by atoms with E-state index in [0.717, 1.165) is 89.8 Å². The molecule has 0 radical (unpaired) electrons. The number of allylic oxidation sites excluding steroid dienone is 4. The second-order valence-corrected chi connectivity index (χ2v) is 25.3. The van der Waals surface area contributed by atoms with Crippen molar-refractivity contribution in [3.8, 4) is 0 Å². The highest BCUT2D eigenvalue weighted by molar-refractivity contribution is 5.86. The molecule has 13 rings (SSSR count). The predicted octanol–water partition coefficient (Wildman–Crippen LogP) is 26.8. The molecule has 2 nitrogen and oxygen atoms in total. The van der Waals surface area contributed by atoms with Crippen LogP contribution >= 0.6 is 0 Å². The fourth-order valence-corrected chi connectivity index (χ4v) is 12.6. The topological polar surface area (TPSA) is 6.48 Å². The third-order valence-corrected chi connectivity index (χ3v) is 17.9. The van der Waals surface area contributed by atoms with Crippen molar-refractivity contribution in [1.82, 2.24) is 0 Å². The molecule has 0 amide bonds. The summed E-state index contributed by atoms with van der Waals surface area (Å²) in [5.74, 6) is 0. The van der Waals surface area contributed by atoms with E-state index in [9.17, 15) is 0 Å². The highest BCUT2D eigenvalue weighted by atomic mass is 15.1. The Labute approximate surface area is 591 Å². The van der Waals surface area contributed by atoms with Gasteiger partial charge in [0.25, 0.3) is 0 Å². The quantitative estimate of drug-likeness (QED) is 0.0493. The fraction of sp³-hybridized carbons (Fsp3) is 0.0408. The van der Waals surface area contributed by atoms with E-state index in [1.54, 1.807) is 0 Å². The fourth-order valence-electron chi connectivity index (χ4n) is 12.6. The SMILES string of the molecule is Cc1ccc(N(c2ccc(/C=C/c3ccc(/C=C/C=C(c4ccccc4)c4ccccc4)cc3)cc2)c2ccc(/C=C/c3cccc(/C=C/c4ccc(N(c5ccc(/C=C/c6ccc(/C=C/C=C(c7ccccc7)c7ccccc7)cc6)cc5)c5ccc(C)cc5C)cc4)c3)cc2)c(C)c1. The molecule has 0 saturated heterocycles. The van der Waals surface area contributed by atoms with Gasteiger partial charge in [-0.15, -0.1) is 0 Å². The van der Waals surface area contributed by atoms with Crippen molar-refractivity contribution in [3.05, 3.63) is 452 Å². The normalized spacial score (nSPS) is 11.6. The molecule has 0 heterocycles. The van der Waals surface area contributed by atoms with Crippen molar-refractivity contribution >= 4 is 106 Å². The minimum atomic E-state index is 1.10. The molecule has 0 unspecified atom stereocenters. The predicted molar refractivity (Wildman–Crippen MR) is 434 cm³/mol. The number of nitrogens with zero attached hydrogens (tertiary/aromatic N) is 2. The Morgan fingerprint density at radius 2 is 0.450 bits per heavy atom. The van der Waals surface area contributed by atoms with Crippen LogP contribution in [0.5, 0.6) is 0 Å². The summed E-state index contributed by atoms with van der Waals surface area (Å²) < 4.78 is 0. The Kier molecular flexibility index (Phi) is 21.4. The van der Waals surface area contributed by atoms with Gasteiger partial charge in [0.05, 0.1) is 0 Å². The van der Waals surface area contributed by atoms with E-state index in [0.29, 0.717) is 0 Å². The van der Waals surface area contributed by atoms with Crippen LogP contribution in [-0.2, 0) is 0 Å². The Hall–Kier alpha value is -12.6. The number of rotatable bonds is 22. The van der Waals surface area contributed by atoms with Gasteiger partial charge in [-0.2, -0.15) is 0 Å². The summed E-state index contributed by atoms with van der Waals surface area (Å²) in [6, 6.07) is 117. The molecule has 0 aliphatic carbocycles. The number of aryl methyl sites for hydroxylation is 4. The van der Waals surface area contributed by atoms with Crippen LogP contribution in [-0.4, -0.2) is 0 Å². The third kappa shape index (κ3) is 17.3. The van der Waals surface area contributed by atoms with Gasteiger partial charge in [0, 0.05) is 34.1 Å². The van der Waals surface area contributed by atoms with Crippen LogP contribution in [0.25, 0.3) is 71.9 Å². The smallest absolute Gasteiger partial charge is 0.0490 e. The molecule has 0 spiro atoms. The first kappa shape index (κ1) is 66.0. The molecule has 0 fully saturated rings. The largest absolute Gasteiger partial charge is 0.310 e. The Morgan fingerprint density at radius 1 is 0.210 bits per heavy atom. The summed E-state index contributed by atoms with van der Waals surface area (Å²) >= 11 is 0. The van der Waals surface area contributed by atoms with Gasteiger partial charge in [-0.1, -0.05) is 357 Å². The Balaban J connectivity index is 0.644. The van der Waals surface area contributed by atoms with Crippen molar-refractivity contribution in [2.75, 3.05) is 9.80 Å². The maximum Gasteiger partial charge on any atom is 0.0490 e. The van der Waals surface area contributed by atoms with Gasteiger partial charge in [-0.3, -0.25) is 0 Å². The molecule has 0 aromatic heterocycles. The molecule has 0 aliphatic heterocycles. The highest BCUT2D eigenvalue weighted by Crippen LogP contribution is 2.40. The van der Waals surface area contributed by atoms with Crippen molar-refractivity contribution < 1.29 is 0 Å². The zero-order chi connectivity index (χ0) is 68.2. The van der Waals surface area contributed by atoms with E-state index >= 15 is 0 Å². The zero-order valence-corrected chi connectivity index (χ0v) is 57.2. The Morgan fingerprint density at radius 3 is 0.710 bits per heavy atom. The molecule has 0 saturated carbocycles. The van der Waals surface area contributed by atoms with E-state index in [1.165, 1.54) is 55.7 Å². The van der Waals surface area contributed by atoms with Gasteiger partial charge in [0.1, 0.15) is 0 Å². The first-order valence-electron chi connectivity index (χ1n) is 34.3. The number of hydrogen-bond donors (Lipinski definition) is 0. The van der Waals surface area contributed by atoms with Crippen molar-refractivity contribution in [2.24, 2.45) is 0 Å². The highest BCUT2D eigenvalue weighted by Gasteiger charge is 2.17. The van der Waals surface area contributed by atoms with Crippen LogP contribution in [0.2, 0.25) is 0 Å². The van der Waals surface area contributed by atoms with Crippen LogP contribution in [0.3, 0.4) is 0 Å². The van der Waals surface area contributed by atoms with Crippen LogP contribution in [0.15, 0.2) is 352 Å². The van der Waals surface area contributed by atoms with Crippen LogP contribution < -0.4 is 9.80 Å². The zero-order valence-electron chi connectivity index (χ0n) is 57.2. The lowest BCUT2D eigenvalue weighted by Gasteiger charge is -2.27. The average Bonchev–Trinajstić information content (AvgIpc) is 0.806. The molecule has 0 aliphatic rings.